The van der Waals surface area contributed by atoms with Gasteiger partial charge in [-0.15, -0.1) is 0 Å². The Morgan fingerprint density at radius 2 is 1.89 bits per heavy atom. The molecule has 0 unspecified atom stereocenters. The smallest absolute Gasteiger partial charge is 0.179 e. The minimum Gasteiger partial charge on any atom is -0.490 e. The molecule has 0 saturated carbocycles. The van der Waals surface area contributed by atoms with Crippen LogP contribution in [0.15, 0.2) is 77.8 Å². The molecule has 1 aliphatic heterocycles. The number of halogens is 1. The molecule has 3 aromatic carbocycles. The Kier molecular flexibility index (Phi) is 7.10. The Balaban J connectivity index is 1.34. The number of nitrogens with one attached hydrogen (secondary N) is 1. The summed E-state index contributed by atoms with van der Waals surface area (Å²) in [5, 5.41) is 4.32. The van der Waals surface area contributed by atoms with E-state index in [1.54, 1.807) is 0 Å². The van der Waals surface area contributed by atoms with Gasteiger partial charge < -0.3 is 14.8 Å². The molecule has 3 aromatic rings. The molecule has 1 N–H and O–H groups in total. The topological polar surface area (TPSA) is 42.8 Å². The lowest BCUT2D eigenvalue weighted by Crippen LogP contribution is -2.28. The quantitative estimate of drug-likeness (QED) is 0.258. The molecular weight excluding hydrogens is 456 g/mol. The third-order valence-electron chi connectivity index (χ3n) is 6.67. The van der Waals surface area contributed by atoms with Gasteiger partial charge in [0, 0.05) is 17.8 Å². The maximum atomic E-state index is 6.50. The standard InChI is InChI=1S/C30H31ClN2O2/c1-3-16-35-30-26(31)17-20(18-28(30)34-4-2)19-32-22-14-12-21(13-15-22)29-25-10-7-9-23(25)24-8-5-6-11-27(24)33-29/h5-9,11-15,17-19,23,25,29,33H,3-4,10,16H2,1-2H3/t23-,25+,29-/m0/s1. The highest BCUT2D eigenvalue weighted by Crippen LogP contribution is 2.49. The fraction of sp³-hybridized carbons (Fsp3) is 0.300. The van der Waals surface area contributed by atoms with Crippen molar-refractivity contribution in [3.8, 4) is 11.5 Å². The predicted octanol–water partition coefficient (Wildman–Crippen LogP) is 8.10. The molecular formula is C30H31ClN2O2. The highest BCUT2D eigenvalue weighted by Gasteiger charge is 2.37. The van der Waals surface area contributed by atoms with E-state index in [2.05, 4.69) is 77.9 Å². The third-order valence-corrected chi connectivity index (χ3v) is 6.95. The number of anilines is 1. The van der Waals surface area contributed by atoms with Crippen molar-refractivity contribution in [1.29, 1.82) is 0 Å². The van der Waals surface area contributed by atoms with Gasteiger partial charge in [0.1, 0.15) is 0 Å². The van der Waals surface area contributed by atoms with Crippen molar-refractivity contribution in [1.82, 2.24) is 0 Å². The van der Waals surface area contributed by atoms with Gasteiger partial charge in [-0.25, -0.2) is 0 Å². The number of benzene rings is 3. The highest BCUT2D eigenvalue weighted by atomic mass is 35.5. The molecule has 2 aliphatic rings. The first kappa shape index (κ1) is 23.5. The Morgan fingerprint density at radius 3 is 2.69 bits per heavy atom. The van der Waals surface area contributed by atoms with Gasteiger partial charge in [-0.2, -0.15) is 0 Å². The van der Waals surface area contributed by atoms with Crippen molar-refractivity contribution in [3.63, 3.8) is 0 Å². The summed E-state index contributed by atoms with van der Waals surface area (Å²) in [7, 11) is 0. The Labute approximate surface area is 212 Å². The van der Waals surface area contributed by atoms with Crippen LogP contribution in [0, 0.1) is 5.92 Å². The largest absolute Gasteiger partial charge is 0.490 e. The normalized spacial score (nSPS) is 20.4. The summed E-state index contributed by atoms with van der Waals surface area (Å²) < 4.78 is 11.6. The van der Waals surface area contributed by atoms with E-state index in [0.717, 1.165) is 24.1 Å². The minimum atomic E-state index is 0.283. The van der Waals surface area contributed by atoms with Crippen LogP contribution in [0.25, 0.3) is 0 Å². The van der Waals surface area contributed by atoms with Crippen LogP contribution < -0.4 is 14.8 Å². The van der Waals surface area contributed by atoms with Crippen molar-refractivity contribution in [2.75, 3.05) is 18.5 Å². The first-order valence-electron chi connectivity index (χ1n) is 12.4. The lowest BCUT2D eigenvalue weighted by atomic mass is 9.77. The Hall–Kier alpha value is -3.24. The van der Waals surface area contributed by atoms with E-state index in [0.29, 0.717) is 41.6 Å². The van der Waals surface area contributed by atoms with Gasteiger partial charge in [0.25, 0.3) is 0 Å². The molecule has 0 bridgehead atoms. The zero-order valence-electron chi connectivity index (χ0n) is 20.2. The molecule has 0 amide bonds. The number of rotatable bonds is 8. The summed E-state index contributed by atoms with van der Waals surface area (Å²) in [6, 6.07) is 21.3. The van der Waals surface area contributed by atoms with E-state index in [9.17, 15) is 0 Å². The molecule has 5 rings (SSSR count). The maximum absolute atomic E-state index is 6.50. The van der Waals surface area contributed by atoms with Crippen LogP contribution in [0.3, 0.4) is 0 Å². The molecule has 35 heavy (non-hydrogen) atoms. The second-order valence-corrected chi connectivity index (χ2v) is 9.43. The number of allylic oxidation sites excluding steroid dienone is 2. The van der Waals surface area contributed by atoms with Crippen LogP contribution >= 0.6 is 11.6 Å². The summed E-state index contributed by atoms with van der Waals surface area (Å²) in [6.45, 7) is 5.15. The second-order valence-electron chi connectivity index (χ2n) is 9.02. The average molecular weight is 487 g/mol. The van der Waals surface area contributed by atoms with Crippen LogP contribution in [0.4, 0.5) is 11.4 Å². The van der Waals surface area contributed by atoms with Gasteiger partial charge >= 0.3 is 0 Å². The molecule has 180 valence electrons. The molecule has 0 aromatic heterocycles. The number of fused-ring (bicyclic) bond motifs is 3. The van der Waals surface area contributed by atoms with Crippen molar-refractivity contribution >= 4 is 29.2 Å². The molecule has 0 fully saturated rings. The van der Waals surface area contributed by atoms with Gasteiger partial charge in [-0.3, -0.25) is 4.99 Å². The number of aliphatic imine (C=N–C) groups is 1. The van der Waals surface area contributed by atoms with Gasteiger partial charge in [0.05, 0.1) is 30.0 Å². The summed E-state index contributed by atoms with van der Waals surface area (Å²) in [5.74, 6) is 2.25. The number of para-hydroxylation sites is 1. The van der Waals surface area contributed by atoms with E-state index >= 15 is 0 Å². The fourth-order valence-corrected chi connectivity index (χ4v) is 5.33. The van der Waals surface area contributed by atoms with Gasteiger partial charge in [-0.1, -0.05) is 61.0 Å². The van der Waals surface area contributed by atoms with E-state index in [1.165, 1.54) is 16.8 Å². The summed E-state index contributed by atoms with van der Waals surface area (Å²) in [6.07, 6.45) is 8.51. The monoisotopic (exact) mass is 486 g/mol. The van der Waals surface area contributed by atoms with E-state index in [-0.39, 0.29) is 6.04 Å². The molecule has 0 spiro atoms. The van der Waals surface area contributed by atoms with Crippen molar-refractivity contribution < 1.29 is 9.47 Å². The van der Waals surface area contributed by atoms with Crippen LogP contribution in [0.1, 0.15) is 55.3 Å². The minimum absolute atomic E-state index is 0.283. The van der Waals surface area contributed by atoms with E-state index < -0.39 is 0 Å². The molecule has 0 saturated heterocycles. The molecule has 0 radical (unpaired) electrons. The average Bonchev–Trinajstić information content (AvgIpc) is 3.38. The van der Waals surface area contributed by atoms with Crippen molar-refractivity contribution in [2.45, 2.75) is 38.6 Å². The first-order valence-corrected chi connectivity index (χ1v) is 12.8. The van der Waals surface area contributed by atoms with Crippen molar-refractivity contribution in [2.24, 2.45) is 10.9 Å². The lowest BCUT2D eigenvalue weighted by Gasteiger charge is -2.37. The Bertz CT molecular complexity index is 1240. The number of ether oxygens (including phenoxy) is 2. The number of nitrogens with zero attached hydrogens (tertiary/aromatic N) is 1. The van der Waals surface area contributed by atoms with Crippen LogP contribution in [0.5, 0.6) is 11.5 Å². The van der Waals surface area contributed by atoms with E-state index in [1.807, 2.05) is 25.3 Å². The summed E-state index contributed by atoms with van der Waals surface area (Å²) in [5.41, 5.74) is 5.69. The molecule has 4 nitrogen and oxygen atoms in total. The van der Waals surface area contributed by atoms with Gasteiger partial charge in [0.2, 0.25) is 0 Å². The third kappa shape index (κ3) is 4.94. The highest BCUT2D eigenvalue weighted by molar-refractivity contribution is 6.32. The van der Waals surface area contributed by atoms with Crippen LogP contribution in [-0.2, 0) is 0 Å². The number of hydrogen-bond donors (Lipinski definition) is 1. The summed E-state index contributed by atoms with van der Waals surface area (Å²) in [4.78, 5) is 4.69. The van der Waals surface area contributed by atoms with Crippen LogP contribution in [-0.4, -0.2) is 19.4 Å². The van der Waals surface area contributed by atoms with Crippen molar-refractivity contribution in [3.05, 3.63) is 94.5 Å². The summed E-state index contributed by atoms with van der Waals surface area (Å²) >= 11 is 6.50. The SMILES string of the molecule is CCCOc1c(Cl)cc(C=Nc2ccc([C@@H]3Nc4ccccc4[C@@H]4C=CC[C@H]43)cc2)cc1OCC. The molecule has 1 aliphatic carbocycles. The van der Waals surface area contributed by atoms with Crippen LogP contribution in [0.2, 0.25) is 5.02 Å². The fourth-order valence-electron chi connectivity index (χ4n) is 5.06. The molecule has 3 atom stereocenters. The Morgan fingerprint density at radius 1 is 1.06 bits per heavy atom. The molecule has 1 heterocycles. The first-order chi connectivity index (χ1) is 17.2. The zero-order chi connectivity index (χ0) is 24.2. The predicted molar refractivity (Wildman–Crippen MR) is 145 cm³/mol. The van der Waals surface area contributed by atoms with Gasteiger partial charge in [0.15, 0.2) is 11.5 Å². The molecule has 5 heteroatoms. The second kappa shape index (κ2) is 10.6. The number of hydrogen-bond acceptors (Lipinski definition) is 4. The maximum Gasteiger partial charge on any atom is 0.179 e. The van der Waals surface area contributed by atoms with E-state index in [4.69, 9.17) is 21.1 Å². The van der Waals surface area contributed by atoms with Gasteiger partial charge in [-0.05, 0) is 72.7 Å². The zero-order valence-corrected chi connectivity index (χ0v) is 21.0. The lowest BCUT2D eigenvalue weighted by molar-refractivity contribution is 0.277.